The van der Waals surface area contributed by atoms with Crippen molar-refractivity contribution in [1.29, 1.82) is 0 Å². The van der Waals surface area contributed by atoms with Crippen molar-refractivity contribution >= 4 is 5.69 Å². The molecule has 0 fully saturated rings. The van der Waals surface area contributed by atoms with Gasteiger partial charge in [-0.3, -0.25) is 0 Å². The highest BCUT2D eigenvalue weighted by Crippen LogP contribution is 2.31. The molecule has 1 N–H and O–H groups in total. The van der Waals surface area contributed by atoms with Gasteiger partial charge in [-0.1, -0.05) is 6.07 Å². The van der Waals surface area contributed by atoms with Crippen molar-refractivity contribution in [3.05, 3.63) is 53.8 Å². The van der Waals surface area contributed by atoms with Crippen LogP contribution >= 0.6 is 0 Å². The van der Waals surface area contributed by atoms with Crippen molar-refractivity contribution < 1.29 is 14.2 Å². The second kappa shape index (κ2) is 5.92. The molecule has 0 bridgehead atoms. The lowest BCUT2D eigenvalue weighted by molar-refractivity contribution is 0.195. The van der Waals surface area contributed by atoms with Crippen LogP contribution in [0.4, 0.5) is 10.1 Å². The third-order valence-corrected chi connectivity index (χ3v) is 2.98. The minimum Gasteiger partial charge on any atom is -0.457 e. The number of hydrogen-bond acceptors (Lipinski definition) is 3. The average molecular weight is 275 g/mol. The van der Waals surface area contributed by atoms with Gasteiger partial charge >= 0.3 is 0 Å². The number of aliphatic hydroxyl groups is 1. The number of anilines is 1. The molecule has 0 aromatic heterocycles. The minimum absolute atomic E-state index is 0.393. The van der Waals surface area contributed by atoms with Crippen molar-refractivity contribution in [2.75, 3.05) is 19.0 Å². The molecular formula is C16H18FNO2. The predicted molar refractivity (Wildman–Crippen MR) is 77.9 cm³/mol. The number of rotatable bonds is 4. The van der Waals surface area contributed by atoms with E-state index in [0.29, 0.717) is 17.1 Å². The molecule has 2 aromatic rings. The summed E-state index contributed by atoms with van der Waals surface area (Å²) in [6.45, 7) is 1.58. The maximum atomic E-state index is 13.2. The SMILES string of the molecule is C[C@@H](O)c1cc(F)ccc1Oc1cccc(N(C)C)c1. The normalized spacial score (nSPS) is 12.1. The Balaban J connectivity index is 2.32. The highest BCUT2D eigenvalue weighted by atomic mass is 19.1. The fraction of sp³-hybridized carbons (Fsp3) is 0.250. The summed E-state index contributed by atoms with van der Waals surface area (Å²) < 4.78 is 19.0. The van der Waals surface area contributed by atoms with Crippen LogP contribution in [0.1, 0.15) is 18.6 Å². The smallest absolute Gasteiger partial charge is 0.133 e. The van der Waals surface area contributed by atoms with E-state index in [1.807, 2.05) is 43.3 Å². The van der Waals surface area contributed by atoms with Gasteiger partial charge in [0.1, 0.15) is 17.3 Å². The minimum atomic E-state index is -0.794. The van der Waals surface area contributed by atoms with Crippen LogP contribution in [-0.2, 0) is 0 Å². The van der Waals surface area contributed by atoms with Gasteiger partial charge in [-0.2, -0.15) is 0 Å². The van der Waals surface area contributed by atoms with Crippen molar-refractivity contribution in [2.24, 2.45) is 0 Å². The summed E-state index contributed by atoms with van der Waals surface area (Å²) >= 11 is 0. The molecule has 2 aromatic carbocycles. The Labute approximate surface area is 118 Å². The number of hydrogen-bond donors (Lipinski definition) is 1. The first kappa shape index (κ1) is 14.3. The largest absolute Gasteiger partial charge is 0.457 e. The number of nitrogens with zero attached hydrogens (tertiary/aromatic N) is 1. The van der Waals surface area contributed by atoms with Crippen LogP contribution in [0.15, 0.2) is 42.5 Å². The highest BCUT2D eigenvalue weighted by molar-refractivity contribution is 5.51. The second-order valence-corrected chi connectivity index (χ2v) is 4.85. The molecule has 0 aliphatic rings. The molecule has 0 saturated carbocycles. The average Bonchev–Trinajstić information content (AvgIpc) is 2.41. The van der Waals surface area contributed by atoms with Gasteiger partial charge in [-0.25, -0.2) is 4.39 Å². The summed E-state index contributed by atoms with van der Waals surface area (Å²) in [4.78, 5) is 1.97. The van der Waals surface area contributed by atoms with E-state index in [1.165, 1.54) is 18.2 Å². The first-order valence-corrected chi connectivity index (χ1v) is 6.40. The molecule has 0 saturated heterocycles. The summed E-state index contributed by atoms with van der Waals surface area (Å²) in [5.41, 5.74) is 1.43. The fourth-order valence-electron chi connectivity index (χ4n) is 1.89. The summed E-state index contributed by atoms with van der Waals surface area (Å²) in [6.07, 6.45) is -0.794. The van der Waals surface area contributed by atoms with Crippen LogP contribution in [-0.4, -0.2) is 19.2 Å². The van der Waals surface area contributed by atoms with Gasteiger partial charge in [0.15, 0.2) is 0 Å². The maximum Gasteiger partial charge on any atom is 0.133 e. The quantitative estimate of drug-likeness (QED) is 0.922. The van der Waals surface area contributed by atoms with Gasteiger partial charge in [0.2, 0.25) is 0 Å². The van der Waals surface area contributed by atoms with Crippen molar-refractivity contribution in [1.82, 2.24) is 0 Å². The van der Waals surface area contributed by atoms with E-state index in [2.05, 4.69) is 0 Å². The summed E-state index contributed by atoms with van der Waals surface area (Å²) in [7, 11) is 3.89. The van der Waals surface area contributed by atoms with Gasteiger partial charge < -0.3 is 14.7 Å². The maximum absolute atomic E-state index is 13.2. The number of halogens is 1. The first-order valence-electron chi connectivity index (χ1n) is 6.40. The standard InChI is InChI=1S/C16H18FNO2/c1-11(19)15-9-12(17)7-8-16(15)20-14-6-4-5-13(10-14)18(2)3/h4-11,19H,1-3H3/t11-/m1/s1. The van der Waals surface area contributed by atoms with E-state index < -0.39 is 11.9 Å². The number of aliphatic hydroxyl groups excluding tert-OH is 1. The third-order valence-electron chi connectivity index (χ3n) is 2.98. The molecule has 20 heavy (non-hydrogen) atoms. The van der Waals surface area contributed by atoms with Gasteiger partial charge in [0, 0.05) is 31.4 Å². The molecule has 1 atom stereocenters. The molecule has 0 aliphatic carbocycles. The predicted octanol–water partition coefficient (Wildman–Crippen LogP) is 3.74. The number of benzene rings is 2. The lowest BCUT2D eigenvalue weighted by Crippen LogP contribution is -2.08. The second-order valence-electron chi connectivity index (χ2n) is 4.85. The fourth-order valence-corrected chi connectivity index (χ4v) is 1.89. The van der Waals surface area contributed by atoms with E-state index in [-0.39, 0.29) is 0 Å². The van der Waals surface area contributed by atoms with Crippen molar-refractivity contribution in [3.63, 3.8) is 0 Å². The Bertz CT molecular complexity index is 597. The summed E-state index contributed by atoms with van der Waals surface area (Å²) in [5, 5.41) is 9.69. The van der Waals surface area contributed by atoms with E-state index in [4.69, 9.17) is 4.74 Å². The van der Waals surface area contributed by atoms with Gasteiger partial charge in [-0.15, -0.1) is 0 Å². The highest BCUT2D eigenvalue weighted by Gasteiger charge is 2.11. The monoisotopic (exact) mass is 275 g/mol. The molecule has 0 amide bonds. The molecule has 0 unspecified atom stereocenters. The lowest BCUT2D eigenvalue weighted by atomic mass is 10.1. The van der Waals surface area contributed by atoms with Crippen molar-refractivity contribution in [3.8, 4) is 11.5 Å². The molecular weight excluding hydrogens is 257 g/mol. The zero-order chi connectivity index (χ0) is 14.7. The summed E-state index contributed by atoms with van der Waals surface area (Å²) in [6, 6.07) is 11.7. The molecule has 0 radical (unpaired) electrons. The first-order chi connectivity index (χ1) is 9.47. The number of ether oxygens (including phenoxy) is 1. The molecule has 106 valence electrons. The Hall–Kier alpha value is -2.07. The van der Waals surface area contributed by atoms with Gasteiger partial charge in [-0.05, 0) is 37.3 Å². The topological polar surface area (TPSA) is 32.7 Å². The molecule has 0 spiro atoms. The molecule has 0 aliphatic heterocycles. The van der Waals surface area contributed by atoms with E-state index in [9.17, 15) is 9.50 Å². The van der Waals surface area contributed by atoms with E-state index in [1.54, 1.807) is 6.92 Å². The summed E-state index contributed by atoms with van der Waals surface area (Å²) in [5.74, 6) is 0.706. The van der Waals surface area contributed by atoms with E-state index in [0.717, 1.165) is 5.69 Å². The lowest BCUT2D eigenvalue weighted by Gasteiger charge is -2.16. The van der Waals surface area contributed by atoms with Crippen LogP contribution in [0.25, 0.3) is 0 Å². The van der Waals surface area contributed by atoms with Gasteiger partial charge in [0.25, 0.3) is 0 Å². The molecule has 0 heterocycles. The zero-order valence-corrected chi connectivity index (χ0v) is 11.8. The van der Waals surface area contributed by atoms with Crippen molar-refractivity contribution in [2.45, 2.75) is 13.0 Å². The van der Waals surface area contributed by atoms with E-state index >= 15 is 0 Å². The van der Waals surface area contributed by atoms with Crippen LogP contribution in [0.3, 0.4) is 0 Å². The van der Waals surface area contributed by atoms with Crippen LogP contribution in [0.2, 0.25) is 0 Å². The van der Waals surface area contributed by atoms with Crippen LogP contribution in [0, 0.1) is 5.82 Å². The Morgan fingerprint density at radius 1 is 1.15 bits per heavy atom. The Morgan fingerprint density at radius 3 is 2.55 bits per heavy atom. The third kappa shape index (κ3) is 3.27. The Kier molecular flexibility index (Phi) is 4.25. The zero-order valence-electron chi connectivity index (χ0n) is 11.8. The Morgan fingerprint density at radius 2 is 1.90 bits per heavy atom. The molecule has 2 rings (SSSR count). The van der Waals surface area contributed by atoms with Gasteiger partial charge in [0.05, 0.1) is 6.10 Å². The van der Waals surface area contributed by atoms with Crippen LogP contribution in [0.5, 0.6) is 11.5 Å². The molecule has 4 heteroatoms. The molecule has 3 nitrogen and oxygen atoms in total. The van der Waals surface area contributed by atoms with Crippen LogP contribution < -0.4 is 9.64 Å².